The highest BCUT2D eigenvalue weighted by Crippen LogP contribution is 2.46. The van der Waals surface area contributed by atoms with Gasteiger partial charge in [0.25, 0.3) is 0 Å². The first-order valence-electron chi connectivity index (χ1n) is 18.7. The number of carbonyl (C=O) groups is 1. The minimum Gasteiger partial charge on any atom is -0.491 e. The van der Waals surface area contributed by atoms with Crippen molar-refractivity contribution in [2.75, 3.05) is 46.4 Å². The molecule has 3 aromatic heterocycles. The van der Waals surface area contributed by atoms with E-state index >= 15 is 0 Å². The van der Waals surface area contributed by atoms with Gasteiger partial charge in [-0.15, -0.1) is 0 Å². The molecular weight excluding hydrogens is 793 g/mol. The number of ether oxygens (including phenoxy) is 3. The molecule has 1 unspecified atom stereocenters. The molecule has 1 N–H and O–H groups in total. The molecule has 3 aromatic carbocycles. The summed E-state index contributed by atoms with van der Waals surface area (Å²) in [6.07, 6.45) is -3.05. The molecule has 58 heavy (non-hydrogen) atoms. The van der Waals surface area contributed by atoms with Crippen LogP contribution in [0.1, 0.15) is 22.4 Å². The van der Waals surface area contributed by atoms with E-state index in [4.69, 9.17) is 30.8 Å². The minimum absolute atomic E-state index is 0.108. The number of carboxylic acids is 1. The number of hydrogen-bond donors (Lipinski definition) is 1. The maximum atomic E-state index is 13.1. The zero-order valence-corrected chi connectivity index (χ0v) is 33.7. The van der Waals surface area contributed by atoms with E-state index in [1.165, 1.54) is 12.3 Å². The molecule has 1 fully saturated rings. The highest BCUT2D eigenvalue weighted by atomic mass is 35.5. The van der Waals surface area contributed by atoms with Gasteiger partial charge in [0.15, 0.2) is 0 Å². The zero-order chi connectivity index (χ0) is 41.0. The molecule has 4 heterocycles. The predicted octanol–water partition coefficient (Wildman–Crippen LogP) is 8.33. The van der Waals surface area contributed by atoms with Gasteiger partial charge >= 0.3 is 12.1 Å². The number of hydrogen-bond acceptors (Lipinski definition) is 10. The highest BCUT2D eigenvalue weighted by molar-refractivity contribution is 7.13. The maximum absolute atomic E-state index is 13.1. The molecule has 7 rings (SSSR count). The molecule has 0 spiro atoms. The predicted molar refractivity (Wildman–Crippen MR) is 217 cm³/mol. The number of piperazine rings is 1. The summed E-state index contributed by atoms with van der Waals surface area (Å²) in [4.78, 5) is 22.4. The monoisotopic (exact) mass is 834 g/mol. The second-order valence-electron chi connectivity index (χ2n) is 14.3. The average Bonchev–Trinajstić information content (AvgIpc) is 3.81. The van der Waals surface area contributed by atoms with Crippen molar-refractivity contribution in [1.82, 2.24) is 28.9 Å². The summed E-state index contributed by atoms with van der Waals surface area (Å²) in [6, 6.07) is 19.9. The summed E-state index contributed by atoms with van der Waals surface area (Å²) in [7, 11) is 2.12. The van der Waals surface area contributed by atoms with Crippen LogP contribution in [0.25, 0.3) is 32.5 Å². The third kappa shape index (κ3) is 9.55. The van der Waals surface area contributed by atoms with Crippen molar-refractivity contribution in [3.63, 3.8) is 0 Å². The molecule has 1 saturated heterocycles. The van der Waals surface area contributed by atoms with Crippen molar-refractivity contribution in [1.29, 1.82) is 0 Å². The van der Waals surface area contributed by atoms with E-state index in [-0.39, 0.29) is 24.6 Å². The van der Waals surface area contributed by atoms with Crippen molar-refractivity contribution in [3.8, 4) is 39.8 Å². The van der Waals surface area contributed by atoms with E-state index in [1.54, 1.807) is 30.5 Å². The molecule has 1 atom stereocenters. The Kier molecular flexibility index (Phi) is 12.5. The molecule has 0 amide bonds. The quantitative estimate of drug-likeness (QED) is 0.108. The van der Waals surface area contributed by atoms with E-state index < -0.39 is 24.8 Å². The minimum atomic E-state index is -4.46. The first-order chi connectivity index (χ1) is 27.8. The second-order valence-corrected chi connectivity index (χ2v) is 15.4. The molecule has 16 heteroatoms. The SMILES string of the molecule is Cc1cccc(-c2ncc3snc(OC(Cc4ccccc4OCc4ccnn4CC(F)(F)F)C(=O)O)c3c2-c2ccc(OCCN3CCN(C)CC3)c(Cl)c2C)c1. The fourth-order valence-corrected chi connectivity index (χ4v) is 7.85. The number of halogens is 4. The van der Waals surface area contributed by atoms with Crippen LogP contribution in [-0.2, 0) is 24.4 Å². The molecule has 0 aliphatic carbocycles. The Morgan fingerprint density at radius 3 is 2.55 bits per heavy atom. The standard InChI is InChI=1S/C42H42ClF3N6O5S/c1-26-7-6-9-29(21-26)39-36(31-11-12-33(38(43)27(31)2)55-20-19-51-17-15-50(3)16-18-51)37-35(23-47-39)58-49-40(37)57-34(41(53)54)22-28-8-4-5-10-32(28)56-24-30-13-14-48-52(30)25-42(44,45)46/h4-14,21,23,34H,15-20,22,24-25H2,1-3H3,(H,53,54). The molecule has 304 valence electrons. The van der Waals surface area contributed by atoms with Gasteiger partial charge in [-0.05, 0) is 73.4 Å². The van der Waals surface area contributed by atoms with Crippen LogP contribution >= 0.6 is 23.1 Å². The van der Waals surface area contributed by atoms with E-state index in [1.807, 2.05) is 50.2 Å². The van der Waals surface area contributed by atoms with E-state index in [0.717, 1.165) is 71.2 Å². The summed E-state index contributed by atoms with van der Waals surface area (Å²) >= 11 is 8.18. The number of para-hydroxylation sites is 1. The normalized spacial score (nSPS) is 14.5. The Bertz CT molecular complexity index is 2400. The van der Waals surface area contributed by atoms with Crippen LogP contribution < -0.4 is 14.2 Å². The molecule has 11 nitrogen and oxygen atoms in total. The third-order valence-electron chi connectivity index (χ3n) is 10.1. The van der Waals surface area contributed by atoms with Crippen molar-refractivity contribution < 1.29 is 37.3 Å². The number of benzene rings is 3. The Hall–Kier alpha value is -5.22. The Morgan fingerprint density at radius 2 is 1.79 bits per heavy atom. The topological polar surface area (TPSA) is 115 Å². The van der Waals surface area contributed by atoms with Gasteiger partial charge in [0.2, 0.25) is 12.0 Å². The van der Waals surface area contributed by atoms with Crippen LogP contribution in [0.5, 0.6) is 17.4 Å². The molecular formula is C42H42ClF3N6O5S. The van der Waals surface area contributed by atoms with Gasteiger partial charge in [0.1, 0.15) is 31.3 Å². The summed E-state index contributed by atoms with van der Waals surface area (Å²) in [6.45, 7) is 7.67. The van der Waals surface area contributed by atoms with Gasteiger partial charge in [-0.2, -0.15) is 22.6 Å². The van der Waals surface area contributed by atoms with Gasteiger partial charge in [-0.1, -0.05) is 59.6 Å². The zero-order valence-electron chi connectivity index (χ0n) is 32.1. The summed E-state index contributed by atoms with van der Waals surface area (Å²) in [5.74, 6) is -0.281. The number of rotatable bonds is 15. The number of nitrogens with zero attached hydrogens (tertiary/aromatic N) is 6. The largest absolute Gasteiger partial charge is 0.491 e. The molecule has 1 aliphatic heterocycles. The fraction of sp³-hybridized carbons (Fsp3) is 0.333. The molecule has 6 aromatic rings. The van der Waals surface area contributed by atoms with E-state index in [2.05, 4.69) is 26.3 Å². The Labute approximate surface area is 342 Å². The number of carboxylic acid groups (broad SMARTS) is 1. The number of aliphatic carboxylic acids is 1. The molecule has 0 radical (unpaired) electrons. The van der Waals surface area contributed by atoms with Crippen LogP contribution in [0.15, 0.2) is 79.1 Å². The maximum Gasteiger partial charge on any atom is 0.408 e. The fourth-order valence-electron chi connectivity index (χ4n) is 6.94. The van der Waals surface area contributed by atoms with E-state index in [9.17, 15) is 23.1 Å². The van der Waals surface area contributed by atoms with Crippen molar-refractivity contribution in [3.05, 3.63) is 107 Å². The van der Waals surface area contributed by atoms with Crippen molar-refractivity contribution in [2.45, 2.75) is 45.7 Å². The summed E-state index contributed by atoms with van der Waals surface area (Å²) in [5.41, 5.74) is 5.37. The second kappa shape index (κ2) is 17.7. The number of likely N-dealkylation sites (N-methyl/N-ethyl adjacent to an activating group) is 1. The Balaban J connectivity index is 1.20. The van der Waals surface area contributed by atoms with Crippen LogP contribution in [0.4, 0.5) is 13.2 Å². The summed E-state index contributed by atoms with van der Waals surface area (Å²) < 4.78 is 63.9. The number of aryl methyl sites for hydroxylation is 1. The average molecular weight is 835 g/mol. The molecule has 1 aliphatic rings. The van der Waals surface area contributed by atoms with Gasteiger partial charge in [-0.3, -0.25) is 14.6 Å². The van der Waals surface area contributed by atoms with Crippen LogP contribution in [0.3, 0.4) is 0 Å². The number of alkyl halides is 3. The van der Waals surface area contributed by atoms with Gasteiger partial charge in [-0.25, -0.2) is 4.79 Å². The van der Waals surface area contributed by atoms with Crippen LogP contribution in [0.2, 0.25) is 5.02 Å². The highest BCUT2D eigenvalue weighted by Gasteiger charge is 2.30. The van der Waals surface area contributed by atoms with Crippen molar-refractivity contribution in [2.24, 2.45) is 0 Å². The van der Waals surface area contributed by atoms with Gasteiger partial charge in [0.05, 0.1) is 26.5 Å². The third-order valence-corrected chi connectivity index (χ3v) is 11.3. The lowest BCUT2D eigenvalue weighted by Gasteiger charge is -2.32. The number of aromatic nitrogens is 4. The summed E-state index contributed by atoms with van der Waals surface area (Å²) in [5, 5.41) is 15.3. The van der Waals surface area contributed by atoms with Crippen LogP contribution in [0, 0.1) is 13.8 Å². The lowest BCUT2D eigenvalue weighted by molar-refractivity contribution is -0.145. The smallest absolute Gasteiger partial charge is 0.408 e. The lowest BCUT2D eigenvalue weighted by atomic mass is 9.93. The van der Waals surface area contributed by atoms with Crippen molar-refractivity contribution >= 4 is 39.2 Å². The number of pyridine rings is 1. The number of fused-ring (bicyclic) bond motifs is 1. The van der Waals surface area contributed by atoms with Gasteiger partial charge in [0, 0.05) is 62.7 Å². The Morgan fingerprint density at radius 1 is 1.00 bits per heavy atom. The lowest BCUT2D eigenvalue weighted by Crippen LogP contribution is -2.45. The van der Waals surface area contributed by atoms with E-state index in [0.29, 0.717) is 50.0 Å². The molecule has 0 saturated carbocycles. The van der Waals surface area contributed by atoms with Crippen LogP contribution in [-0.4, -0.2) is 98.7 Å². The first-order valence-corrected chi connectivity index (χ1v) is 19.9. The molecule has 0 bridgehead atoms. The van der Waals surface area contributed by atoms with Gasteiger partial charge < -0.3 is 24.2 Å². The first kappa shape index (κ1) is 41.0.